The van der Waals surface area contributed by atoms with E-state index in [4.69, 9.17) is 5.14 Å². The molecule has 0 atom stereocenters. The first-order valence-electron chi connectivity index (χ1n) is 9.28. The summed E-state index contributed by atoms with van der Waals surface area (Å²) >= 11 is 0. The van der Waals surface area contributed by atoms with E-state index in [1.807, 2.05) is 27.7 Å². The highest BCUT2D eigenvalue weighted by molar-refractivity contribution is 7.89. The van der Waals surface area contributed by atoms with Gasteiger partial charge in [-0.05, 0) is 63.9 Å². The SMILES string of the molecule is CC(C)N(C(C)C)S(=O)(=O)c1ccc(NCCc2ccc(S(N)(=O)=O)cc2)nc1. The van der Waals surface area contributed by atoms with Crippen molar-refractivity contribution in [3.05, 3.63) is 48.2 Å². The van der Waals surface area contributed by atoms with Gasteiger partial charge in [-0.3, -0.25) is 0 Å². The number of hydrogen-bond acceptors (Lipinski definition) is 6. The summed E-state index contributed by atoms with van der Waals surface area (Å²) in [4.78, 5) is 4.44. The lowest BCUT2D eigenvalue weighted by molar-refractivity contribution is 0.302. The highest BCUT2D eigenvalue weighted by Gasteiger charge is 2.29. The van der Waals surface area contributed by atoms with Gasteiger partial charge in [0.15, 0.2) is 0 Å². The summed E-state index contributed by atoms with van der Waals surface area (Å²) in [6.07, 6.45) is 2.00. The number of primary sulfonamides is 1. The number of nitrogens with two attached hydrogens (primary N) is 1. The molecule has 10 heteroatoms. The second-order valence-corrected chi connectivity index (χ2v) is 10.7. The van der Waals surface area contributed by atoms with Crippen LogP contribution in [0.1, 0.15) is 33.3 Å². The van der Waals surface area contributed by atoms with Gasteiger partial charge in [0.05, 0.1) is 4.90 Å². The van der Waals surface area contributed by atoms with Crippen LogP contribution in [0.4, 0.5) is 5.82 Å². The summed E-state index contributed by atoms with van der Waals surface area (Å²) in [6.45, 7) is 7.93. The fourth-order valence-electron chi connectivity index (χ4n) is 3.09. The number of nitrogens with one attached hydrogen (secondary N) is 1. The van der Waals surface area contributed by atoms with Crippen LogP contribution in [-0.4, -0.2) is 44.8 Å². The van der Waals surface area contributed by atoms with E-state index in [0.29, 0.717) is 18.8 Å². The lowest BCUT2D eigenvalue weighted by Gasteiger charge is -2.29. The van der Waals surface area contributed by atoms with Gasteiger partial charge in [0.25, 0.3) is 0 Å². The van der Waals surface area contributed by atoms with Crippen LogP contribution in [0, 0.1) is 0 Å². The first kappa shape index (κ1) is 23.3. The van der Waals surface area contributed by atoms with E-state index in [1.54, 1.807) is 24.3 Å². The summed E-state index contributed by atoms with van der Waals surface area (Å²) in [5.41, 5.74) is 0.939. The number of sulfonamides is 2. The molecular weight excluding hydrogens is 412 g/mol. The number of aromatic nitrogens is 1. The Balaban J connectivity index is 2.01. The summed E-state index contributed by atoms with van der Waals surface area (Å²) in [7, 11) is -7.31. The summed E-state index contributed by atoms with van der Waals surface area (Å²) < 4.78 is 49.7. The quantitative estimate of drug-likeness (QED) is 0.616. The molecule has 8 nitrogen and oxygen atoms in total. The molecule has 2 aromatic rings. The van der Waals surface area contributed by atoms with Crippen molar-refractivity contribution in [1.29, 1.82) is 0 Å². The minimum absolute atomic E-state index is 0.0736. The van der Waals surface area contributed by atoms with Crippen LogP contribution in [0.3, 0.4) is 0 Å². The Morgan fingerprint density at radius 1 is 0.931 bits per heavy atom. The van der Waals surface area contributed by atoms with Crippen LogP contribution in [0.25, 0.3) is 0 Å². The van der Waals surface area contributed by atoms with Crippen molar-refractivity contribution in [2.24, 2.45) is 5.14 Å². The third-order valence-corrected chi connectivity index (χ3v) is 7.47. The molecule has 0 aliphatic carbocycles. The van der Waals surface area contributed by atoms with E-state index < -0.39 is 20.0 Å². The standard InChI is InChI=1S/C19H28N4O4S2/c1-14(2)23(15(3)4)29(26,27)18-9-10-19(22-13-18)21-12-11-16-5-7-17(8-6-16)28(20,24)25/h5-10,13-15H,11-12H2,1-4H3,(H,21,22)(H2,20,24,25). The van der Waals surface area contributed by atoms with Crippen molar-refractivity contribution in [2.75, 3.05) is 11.9 Å². The van der Waals surface area contributed by atoms with E-state index in [-0.39, 0.29) is 21.9 Å². The highest BCUT2D eigenvalue weighted by atomic mass is 32.2. The van der Waals surface area contributed by atoms with Crippen LogP contribution < -0.4 is 10.5 Å². The van der Waals surface area contributed by atoms with Gasteiger partial charge in [0.2, 0.25) is 20.0 Å². The fraction of sp³-hybridized carbons (Fsp3) is 0.421. The molecule has 0 bridgehead atoms. The van der Waals surface area contributed by atoms with Crippen molar-refractivity contribution in [2.45, 2.75) is 56.0 Å². The van der Waals surface area contributed by atoms with Gasteiger partial charge in [-0.25, -0.2) is 27.0 Å². The van der Waals surface area contributed by atoms with Crippen LogP contribution in [-0.2, 0) is 26.5 Å². The van der Waals surface area contributed by atoms with Gasteiger partial charge in [0.1, 0.15) is 10.7 Å². The zero-order valence-electron chi connectivity index (χ0n) is 17.0. The lowest BCUT2D eigenvalue weighted by Crippen LogP contribution is -2.41. The number of pyridine rings is 1. The maximum Gasteiger partial charge on any atom is 0.245 e. The fourth-order valence-corrected chi connectivity index (χ4v) is 5.39. The molecule has 29 heavy (non-hydrogen) atoms. The number of benzene rings is 1. The molecule has 0 saturated heterocycles. The van der Waals surface area contributed by atoms with Crippen molar-refractivity contribution >= 4 is 25.9 Å². The molecule has 1 aromatic carbocycles. The Hall–Kier alpha value is -2.01. The zero-order valence-corrected chi connectivity index (χ0v) is 18.7. The molecule has 0 unspecified atom stereocenters. The number of hydrogen-bond donors (Lipinski definition) is 2. The first-order chi connectivity index (χ1) is 13.4. The molecule has 1 heterocycles. The average Bonchev–Trinajstić information content (AvgIpc) is 2.61. The van der Waals surface area contributed by atoms with Crippen molar-refractivity contribution in [1.82, 2.24) is 9.29 Å². The lowest BCUT2D eigenvalue weighted by atomic mass is 10.1. The van der Waals surface area contributed by atoms with Crippen LogP contribution in [0.5, 0.6) is 0 Å². The van der Waals surface area contributed by atoms with E-state index >= 15 is 0 Å². The largest absolute Gasteiger partial charge is 0.370 e. The molecule has 0 spiro atoms. The minimum Gasteiger partial charge on any atom is -0.370 e. The van der Waals surface area contributed by atoms with Gasteiger partial charge < -0.3 is 5.32 Å². The Morgan fingerprint density at radius 2 is 1.48 bits per heavy atom. The smallest absolute Gasteiger partial charge is 0.245 e. The topological polar surface area (TPSA) is 122 Å². The van der Waals surface area contributed by atoms with E-state index in [0.717, 1.165) is 5.56 Å². The minimum atomic E-state index is -3.69. The molecule has 0 fully saturated rings. The van der Waals surface area contributed by atoms with Gasteiger partial charge in [-0.15, -0.1) is 0 Å². The number of rotatable bonds is 9. The van der Waals surface area contributed by atoms with Gasteiger partial charge in [-0.1, -0.05) is 12.1 Å². The highest BCUT2D eigenvalue weighted by Crippen LogP contribution is 2.21. The Kier molecular flexibility index (Phi) is 7.39. The van der Waals surface area contributed by atoms with Crippen molar-refractivity contribution < 1.29 is 16.8 Å². The Bertz CT molecular complexity index is 1010. The van der Waals surface area contributed by atoms with E-state index in [9.17, 15) is 16.8 Å². The van der Waals surface area contributed by atoms with E-state index in [2.05, 4.69) is 10.3 Å². The van der Waals surface area contributed by atoms with Crippen LogP contribution in [0.2, 0.25) is 0 Å². The van der Waals surface area contributed by atoms with Crippen LogP contribution >= 0.6 is 0 Å². The molecule has 160 valence electrons. The molecular formula is C19H28N4O4S2. The summed E-state index contributed by atoms with van der Waals surface area (Å²) in [5.74, 6) is 0.561. The maximum absolute atomic E-state index is 12.8. The zero-order chi connectivity index (χ0) is 21.8. The molecule has 0 radical (unpaired) electrons. The van der Waals surface area contributed by atoms with Crippen LogP contribution in [0.15, 0.2) is 52.4 Å². The third-order valence-electron chi connectivity index (χ3n) is 4.30. The molecule has 2 rings (SSSR count). The molecule has 1 aromatic heterocycles. The molecule has 3 N–H and O–H groups in total. The Morgan fingerprint density at radius 3 is 1.93 bits per heavy atom. The summed E-state index contributed by atoms with van der Waals surface area (Å²) in [6, 6.07) is 9.22. The number of anilines is 1. The molecule has 0 amide bonds. The Labute approximate surface area is 173 Å². The first-order valence-corrected chi connectivity index (χ1v) is 12.3. The second kappa shape index (κ2) is 9.21. The third kappa shape index (κ3) is 5.99. The van der Waals surface area contributed by atoms with Gasteiger partial charge in [-0.2, -0.15) is 4.31 Å². The van der Waals surface area contributed by atoms with Gasteiger partial charge >= 0.3 is 0 Å². The number of nitrogens with zero attached hydrogens (tertiary/aromatic N) is 2. The average molecular weight is 441 g/mol. The van der Waals surface area contributed by atoms with E-state index in [1.165, 1.54) is 22.6 Å². The van der Waals surface area contributed by atoms with Crippen molar-refractivity contribution in [3.8, 4) is 0 Å². The van der Waals surface area contributed by atoms with Crippen molar-refractivity contribution in [3.63, 3.8) is 0 Å². The molecule has 0 aliphatic rings. The summed E-state index contributed by atoms with van der Waals surface area (Å²) in [5, 5.41) is 8.21. The predicted octanol–water partition coefficient (Wildman–Crippen LogP) is 2.19. The monoisotopic (exact) mass is 440 g/mol. The second-order valence-electron chi connectivity index (χ2n) is 7.27. The maximum atomic E-state index is 12.8. The molecule has 0 saturated carbocycles. The predicted molar refractivity (Wildman–Crippen MR) is 114 cm³/mol. The van der Waals surface area contributed by atoms with Gasteiger partial charge in [0, 0.05) is 24.8 Å². The molecule has 0 aliphatic heterocycles. The normalized spacial score (nSPS) is 12.7.